The predicted octanol–water partition coefficient (Wildman–Crippen LogP) is 5.60. The molecule has 0 radical (unpaired) electrons. The average molecular weight is 408 g/mol. The maximum absolute atomic E-state index is 12.4. The summed E-state index contributed by atoms with van der Waals surface area (Å²) < 4.78 is 5.40. The molecule has 29 heavy (non-hydrogen) atoms. The molecule has 0 saturated carbocycles. The van der Waals surface area contributed by atoms with E-state index in [0.717, 1.165) is 33.1 Å². The van der Waals surface area contributed by atoms with E-state index in [1.807, 2.05) is 55.6 Å². The summed E-state index contributed by atoms with van der Waals surface area (Å²) in [7, 11) is 1.65. The first-order valence-corrected chi connectivity index (χ1v) is 10.4. The summed E-state index contributed by atoms with van der Waals surface area (Å²) in [6.07, 6.45) is 0.469. The van der Waals surface area contributed by atoms with Gasteiger partial charge < -0.3 is 4.74 Å². The SMILES string of the molecule is COc1ccc(-c2nc(CC(=O)CC(C)(C)C(C)=O)cs2)c(-c2ccccc2)c1. The zero-order valence-corrected chi connectivity index (χ0v) is 18.0. The van der Waals surface area contributed by atoms with Crippen molar-refractivity contribution in [2.75, 3.05) is 7.11 Å². The first kappa shape index (κ1) is 20.9. The Hall–Kier alpha value is -2.79. The monoisotopic (exact) mass is 407 g/mol. The minimum absolute atomic E-state index is 0.0237. The molecule has 2 aromatic carbocycles. The third-order valence-electron chi connectivity index (χ3n) is 5.06. The summed E-state index contributed by atoms with van der Waals surface area (Å²) in [5, 5.41) is 2.78. The van der Waals surface area contributed by atoms with E-state index in [-0.39, 0.29) is 24.4 Å². The van der Waals surface area contributed by atoms with E-state index in [1.165, 1.54) is 18.3 Å². The van der Waals surface area contributed by atoms with Gasteiger partial charge in [0.15, 0.2) is 0 Å². The number of rotatable bonds is 8. The van der Waals surface area contributed by atoms with Gasteiger partial charge in [0.25, 0.3) is 0 Å². The van der Waals surface area contributed by atoms with Gasteiger partial charge in [-0.15, -0.1) is 11.3 Å². The summed E-state index contributed by atoms with van der Waals surface area (Å²) in [4.78, 5) is 28.8. The van der Waals surface area contributed by atoms with Gasteiger partial charge in [0.1, 0.15) is 22.3 Å². The van der Waals surface area contributed by atoms with Crippen molar-refractivity contribution in [3.63, 3.8) is 0 Å². The van der Waals surface area contributed by atoms with E-state index < -0.39 is 5.41 Å². The zero-order chi connectivity index (χ0) is 21.0. The molecule has 0 saturated heterocycles. The summed E-state index contributed by atoms with van der Waals surface area (Å²) >= 11 is 1.52. The Kier molecular flexibility index (Phi) is 6.28. The summed E-state index contributed by atoms with van der Waals surface area (Å²) in [5.74, 6) is 0.835. The number of aromatic nitrogens is 1. The third-order valence-corrected chi connectivity index (χ3v) is 5.99. The number of carbonyl (C=O) groups is 2. The molecule has 0 atom stereocenters. The number of nitrogens with zero attached hydrogens (tertiary/aromatic N) is 1. The highest BCUT2D eigenvalue weighted by molar-refractivity contribution is 7.13. The molecule has 0 aliphatic heterocycles. The Labute approximate surface area is 175 Å². The molecule has 0 fully saturated rings. The van der Waals surface area contributed by atoms with Gasteiger partial charge in [0.2, 0.25) is 0 Å². The molecule has 3 aromatic rings. The maximum atomic E-state index is 12.4. The molecular formula is C24H25NO3S. The van der Waals surface area contributed by atoms with E-state index in [0.29, 0.717) is 0 Å². The minimum atomic E-state index is -0.633. The van der Waals surface area contributed by atoms with Gasteiger partial charge in [-0.05, 0) is 36.2 Å². The summed E-state index contributed by atoms with van der Waals surface area (Å²) in [6, 6.07) is 16.0. The largest absolute Gasteiger partial charge is 0.497 e. The summed E-state index contributed by atoms with van der Waals surface area (Å²) in [6.45, 7) is 5.15. The first-order valence-electron chi connectivity index (χ1n) is 9.51. The van der Waals surface area contributed by atoms with E-state index in [4.69, 9.17) is 9.72 Å². The fourth-order valence-corrected chi connectivity index (χ4v) is 3.95. The van der Waals surface area contributed by atoms with Crippen LogP contribution in [-0.4, -0.2) is 23.7 Å². The van der Waals surface area contributed by atoms with E-state index in [1.54, 1.807) is 7.11 Å². The fraction of sp³-hybridized carbons (Fsp3) is 0.292. The molecule has 0 N–H and O–H groups in total. The molecule has 4 nitrogen and oxygen atoms in total. The number of methoxy groups -OCH3 is 1. The second kappa shape index (κ2) is 8.70. The zero-order valence-electron chi connectivity index (χ0n) is 17.2. The normalized spacial score (nSPS) is 11.3. The molecule has 3 rings (SSSR count). The highest BCUT2D eigenvalue weighted by Gasteiger charge is 2.27. The molecule has 0 aliphatic rings. The van der Waals surface area contributed by atoms with Crippen LogP contribution in [-0.2, 0) is 16.0 Å². The van der Waals surface area contributed by atoms with E-state index in [2.05, 4.69) is 12.1 Å². The van der Waals surface area contributed by atoms with Crippen LogP contribution in [0.3, 0.4) is 0 Å². The van der Waals surface area contributed by atoms with Crippen molar-refractivity contribution >= 4 is 22.9 Å². The van der Waals surface area contributed by atoms with Crippen LogP contribution in [0.25, 0.3) is 21.7 Å². The summed E-state index contributed by atoms with van der Waals surface area (Å²) in [5.41, 5.74) is 3.23. The van der Waals surface area contributed by atoms with Crippen LogP contribution < -0.4 is 4.74 Å². The Bertz CT molecular complexity index is 1020. The minimum Gasteiger partial charge on any atom is -0.497 e. The van der Waals surface area contributed by atoms with Gasteiger partial charge in [-0.25, -0.2) is 4.98 Å². The van der Waals surface area contributed by atoms with Crippen LogP contribution in [0, 0.1) is 5.41 Å². The second-order valence-corrected chi connectivity index (χ2v) is 8.61. The van der Waals surface area contributed by atoms with Crippen molar-refractivity contribution < 1.29 is 14.3 Å². The number of hydrogen-bond donors (Lipinski definition) is 0. The van der Waals surface area contributed by atoms with Crippen molar-refractivity contribution in [1.29, 1.82) is 0 Å². The lowest BCUT2D eigenvalue weighted by Crippen LogP contribution is -2.25. The van der Waals surface area contributed by atoms with Crippen LogP contribution in [0.1, 0.15) is 32.9 Å². The number of hydrogen-bond acceptors (Lipinski definition) is 5. The van der Waals surface area contributed by atoms with Crippen molar-refractivity contribution in [2.24, 2.45) is 5.41 Å². The Balaban J connectivity index is 1.87. The Morgan fingerprint density at radius 1 is 1.07 bits per heavy atom. The smallest absolute Gasteiger partial charge is 0.139 e. The lowest BCUT2D eigenvalue weighted by atomic mass is 9.83. The molecular weight excluding hydrogens is 382 g/mol. The number of benzene rings is 2. The fourth-order valence-electron chi connectivity index (χ4n) is 3.09. The lowest BCUT2D eigenvalue weighted by Gasteiger charge is -2.19. The van der Waals surface area contributed by atoms with Gasteiger partial charge in [-0.3, -0.25) is 9.59 Å². The van der Waals surface area contributed by atoms with Crippen molar-refractivity contribution in [3.05, 3.63) is 59.6 Å². The molecule has 1 heterocycles. The number of Topliss-reactive ketones (excluding diaryl/α,β-unsaturated/α-hetero) is 2. The van der Waals surface area contributed by atoms with Crippen LogP contribution in [0.4, 0.5) is 0 Å². The van der Waals surface area contributed by atoms with Crippen LogP contribution in [0.2, 0.25) is 0 Å². The van der Waals surface area contributed by atoms with E-state index >= 15 is 0 Å². The molecule has 0 unspecified atom stereocenters. The average Bonchev–Trinajstić information content (AvgIpc) is 3.15. The number of ketones is 2. The van der Waals surface area contributed by atoms with Crippen molar-refractivity contribution in [1.82, 2.24) is 4.98 Å². The van der Waals surface area contributed by atoms with E-state index in [9.17, 15) is 9.59 Å². The van der Waals surface area contributed by atoms with Crippen molar-refractivity contribution in [3.8, 4) is 27.4 Å². The Morgan fingerprint density at radius 2 is 1.79 bits per heavy atom. The highest BCUT2D eigenvalue weighted by atomic mass is 32.1. The van der Waals surface area contributed by atoms with Gasteiger partial charge >= 0.3 is 0 Å². The highest BCUT2D eigenvalue weighted by Crippen LogP contribution is 2.36. The van der Waals surface area contributed by atoms with Crippen LogP contribution in [0.5, 0.6) is 5.75 Å². The molecule has 0 amide bonds. The number of thiazole rings is 1. The molecule has 150 valence electrons. The third kappa shape index (κ3) is 4.98. The van der Waals surface area contributed by atoms with Crippen LogP contribution >= 0.6 is 11.3 Å². The first-order chi connectivity index (χ1) is 13.8. The van der Waals surface area contributed by atoms with Gasteiger partial charge in [-0.2, -0.15) is 0 Å². The van der Waals surface area contributed by atoms with Gasteiger partial charge in [0.05, 0.1) is 12.8 Å². The quantitative estimate of drug-likeness (QED) is 0.487. The number of ether oxygens (including phenoxy) is 1. The lowest BCUT2D eigenvalue weighted by molar-refractivity contribution is -0.130. The molecule has 0 aliphatic carbocycles. The molecule has 0 spiro atoms. The standard InChI is InChI=1S/C24H25NO3S/c1-16(26)24(2,3)14-19(27)12-18-15-29-23(25-18)21-11-10-20(28-4)13-22(21)17-8-6-5-7-9-17/h5-11,13,15H,12,14H2,1-4H3. The molecule has 0 bridgehead atoms. The number of carbonyl (C=O) groups excluding carboxylic acids is 2. The topological polar surface area (TPSA) is 56.3 Å². The second-order valence-electron chi connectivity index (χ2n) is 7.75. The van der Waals surface area contributed by atoms with Crippen LogP contribution in [0.15, 0.2) is 53.9 Å². The maximum Gasteiger partial charge on any atom is 0.139 e. The van der Waals surface area contributed by atoms with Gasteiger partial charge in [-0.1, -0.05) is 44.2 Å². The molecule has 1 aromatic heterocycles. The van der Waals surface area contributed by atoms with Crippen molar-refractivity contribution in [2.45, 2.75) is 33.6 Å². The Morgan fingerprint density at radius 3 is 2.45 bits per heavy atom. The van der Waals surface area contributed by atoms with Gasteiger partial charge in [0, 0.05) is 29.2 Å². The molecule has 5 heteroatoms. The predicted molar refractivity (Wildman–Crippen MR) is 117 cm³/mol.